The van der Waals surface area contributed by atoms with E-state index < -0.39 is 0 Å². The highest BCUT2D eigenvalue weighted by Gasteiger charge is 2.29. The number of carbonyl (C=O) groups excluding carboxylic acids is 1. The van der Waals surface area contributed by atoms with Gasteiger partial charge in [0.05, 0.1) is 0 Å². The average molecular weight is 278 g/mol. The van der Waals surface area contributed by atoms with Gasteiger partial charge in [-0.3, -0.25) is 0 Å². The predicted octanol–water partition coefficient (Wildman–Crippen LogP) is 3.03. The molecule has 1 fully saturated rings. The molecule has 1 aliphatic rings. The van der Waals surface area contributed by atoms with E-state index in [0.29, 0.717) is 5.92 Å². The van der Waals surface area contributed by atoms with Crippen molar-refractivity contribution in [2.45, 2.75) is 39.2 Å². The Balaban J connectivity index is 2.37. The summed E-state index contributed by atoms with van der Waals surface area (Å²) in [6.45, 7) is 7.39. The Morgan fingerprint density at radius 2 is 2.20 bits per heavy atom. The Hall–Kier alpha value is -0.250. The fourth-order valence-electron chi connectivity index (χ4n) is 1.71. The van der Waals surface area contributed by atoms with Crippen LogP contribution < -0.4 is 0 Å². The van der Waals surface area contributed by atoms with Gasteiger partial charge in [-0.05, 0) is 39.5 Å². The molecule has 1 amide bonds. The Morgan fingerprint density at radius 3 is 2.73 bits per heavy atom. The maximum absolute atomic E-state index is 11.7. The second-order valence-corrected chi connectivity index (χ2v) is 5.85. The number of hydrogen-bond acceptors (Lipinski definition) is 2. The van der Waals surface area contributed by atoms with E-state index in [1.165, 1.54) is 0 Å². The molecule has 0 bridgehead atoms. The molecule has 3 nitrogen and oxygen atoms in total. The van der Waals surface area contributed by atoms with Gasteiger partial charge in [-0.2, -0.15) is 0 Å². The second-order valence-electron chi connectivity index (χ2n) is 5.06. The lowest BCUT2D eigenvalue weighted by Gasteiger charge is -2.24. The van der Waals surface area contributed by atoms with Crippen LogP contribution in [0.15, 0.2) is 0 Å². The zero-order chi connectivity index (χ0) is 11.5. The first-order valence-corrected chi connectivity index (χ1v) is 6.58. The van der Waals surface area contributed by atoms with Crippen LogP contribution in [0, 0.1) is 5.92 Å². The maximum Gasteiger partial charge on any atom is 0.410 e. The normalized spacial score (nSPS) is 21.9. The minimum absolute atomic E-state index is 0.167. The van der Waals surface area contributed by atoms with Crippen LogP contribution >= 0.6 is 15.9 Å². The number of halogens is 1. The van der Waals surface area contributed by atoms with Crippen LogP contribution in [0.5, 0.6) is 0 Å². The maximum atomic E-state index is 11.7. The minimum atomic E-state index is -0.384. The van der Waals surface area contributed by atoms with Gasteiger partial charge in [0.2, 0.25) is 0 Å². The van der Waals surface area contributed by atoms with Gasteiger partial charge in [0.1, 0.15) is 5.60 Å². The van der Waals surface area contributed by atoms with E-state index in [4.69, 9.17) is 4.74 Å². The summed E-state index contributed by atoms with van der Waals surface area (Å²) in [7, 11) is 0. The van der Waals surface area contributed by atoms with Crippen molar-refractivity contribution in [1.82, 2.24) is 4.90 Å². The molecular formula is C11H20BrNO2. The SMILES string of the molecule is CC(C)(C)OC(=O)N1CC[C@H](CCBr)C1. The Labute approximate surface area is 100 Å². The molecule has 15 heavy (non-hydrogen) atoms. The molecule has 0 aromatic rings. The van der Waals surface area contributed by atoms with Crippen LogP contribution in [-0.4, -0.2) is 35.0 Å². The lowest BCUT2D eigenvalue weighted by atomic mass is 10.1. The van der Waals surface area contributed by atoms with Gasteiger partial charge in [0.15, 0.2) is 0 Å². The lowest BCUT2D eigenvalue weighted by Crippen LogP contribution is -2.35. The average Bonchev–Trinajstić information content (AvgIpc) is 2.50. The van der Waals surface area contributed by atoms with E-state index in [9.17, 15) is 4.79 Å². The Kier molecular flexibility index (Phi) is 4.44. The quantitative estimate of drug-likeness (QED) is 0.727. The molecule has 0 aromatic carbocycles. The van der Waals surface area contributed by atoms with Crippen molar-refractivity contribution in [3.8, 4) is 0 Å². The van der Waals surface area contributed by atoms with Crippen LogP contribution in [0.25, 0.3) is 0 Å². The zero-order valence-electron chi connectivity index (χ0n) is 9.75. The number of likely N-dealkylation sites (tertiary alicyclic amines) is 1. The van der Waals surface area contributed by atoms with Crippen molar-refractivity contribution in [3.63, 3.8) is 0 Å². The standard InChI is InChI=1S/C11H20BrNO2/c1-11(2,3)15-10(14)13-7-5-9(8-13)4-6-12/h9H,4-8H2,1-3H3/t9-/m0/s1. The zero-order valence-corrected chi connectivity index (χ0v) is 11.3. The van der Waals surface area contributed by atoms with Gasteiger partial charge in [0, 0.05) is 18.4 Å². The first kappa shape index (κ1) is 12.8. The van der Waals surface area contributed by atoms with Crippen molar-refractivity contribution >= 4 is 22.0 Å². The van der Waals surface area contributed by atoms with E-state index in [0.717, 1.165) is 31.3 Å². The number of hydrogen-bond donors (Lipinski definition) is 0. The number of ether oxygens (including phenoxy) is 1. The Morgan fingerprint density at radius 1 is 1.53 bits per heavy atom. The van der Waals surface area contributed by atoms with Crippen LogP contribution in [0.3, 0.4) is 0 Å². The molecule has 0 radical (unpaired) electrons. The van der Waals surface area contributed by atoms with E-state index >= 15 is 0 Å². The molecule has 0 spiro atoms. The van der Waals surface area contributed by atoms with Crippen LogP contribution in [0.2, 0.25) is 0 Å². The highest BCUT2D eigenvalue weighted by atomic mass is 79.9. The summed E-state index contributed by atoms with van der Waals surface area (Å²) < 4.78 is 5.32. The third kappa shape index (κ3) is 4.41. The molecule has 1 rings (SSSR count). The molecule has 1 atom stereocenters. The molecule has 88 valence electrons. The molecular weight excluding hydrogens is 258 g/mol. The highest BCUT2D eigenvalue weighted by Crippen LogP contribution is 2.22. The van der Waals surface area contributed by atoms with E-state index in [-0.39, 0.29) is 11.7 Å². The number of nitrogens with zero attached hydrogens (tertiary/aromatic N) is 1. The van der Waals surface area contributed by atoms with Crippen molar-refractivity contribution in [1.29, 1.82) is 0 Å². The lowest BCUT2D eigenvalue weighted by molar-refractivity contribution is 0.0288. The summed E-state index contributed by atoms with van der Waals surface area (Å²) >= 11 is 3.43. The molecule has 0 N–H and O–H groups in total. The summed E-state index contributed by atoms with van der Waals surface area (Å²) in [4.78, 5) is 13.5. The fourth-order valence-corrected chi connectivity index (χ4v) is 2.36. The van der Waals surface area contributed by atoms with Crippen molar-refractivity contribution in [3.05, 3.63) is 0 Å². The molecule has 0 aliphatic carbocycles. The predicted molar refractivity (Wildman–Crippen MR) is 64.3 cm³/mol. The summed E-state index contributed by atoms with van der Waals surface area (Å²) in [6, 6.07) is 0. The first-order chi connectivity index (χ1) is 6.92. The van der Waals surface area contributed by atoms with Crippen LogP contribution in [0.4, 0.5) is 4.79 Å². The van der Waals surface area contributed by atoms with Gasteiger partial charge in [0.25, 0.3) is 0 Å². The van der Waals surface area contributed by atoms with Gasteiger partial charge in [-0.15, -0.1) is 0 Å². The van der Waals surface area contributed by atoms with Crippen molar-refractivity contribution < 1.29 is 9.53 Å². The Bertz CT molecular complexity index is 225. The van der Waals surface area contributed by atoms with Crippen LogP contribution in [-0.2, 0) is 4.74 Å². The summed E-state index contributed by atoms with van der Waals surface area (Å²) in [5.41, 5.74) is -0.384. The van der Waals surface area contributed by atoms with Gasteiger partial charge >= 0.3 is 6.09 Å². The van der Waals surface area contributed by atoms with Gasteiger partial charge < -0.3 is 9.64 Å². The van der Waals surface area contributed by atoms with Gasteiger partial charge in [-0.25, -0.2) is 4.79 Å². The third-order valence-electron chi connectivity index (χ3n) is 2.45. The molecule has 4 heteroatoms. The minimum Gasteiger partial charge on any atom is -0.444 e. The molecule has 1 saturated heterocycles. The molecule has 0 unspecified atom stereocenters. The number of rotatable bonds is 2. The van der Waals surface area contributed by atoms with E-state index in [2.05, 4.69) is 15.9 Å². The summed E-state index contributed by atoms with van der Waals surface area (Å²) in [5, 5.41) is 1.01. The molecule has 0 aromatic heterocycles. The monoisotopic (exact) mass is 277 g/mol. The number of alkyl halides is 1. The third-order valence-corrected chi connectivity index (χ3v) is 2.91. The number of carbonyl (C=O) groups is 1. The van der Waals surface area contributed by atoms with Crippen molar-refractivity contribution in [2.75, 3.05) is 18.4 Å². The number of amides is 1. The second kappa shape index (κ2) is 5.19. The molecule has 0 saturated carbocycles. The van der Waals surface area contributed by atoms with Gasteiger partial charge in [-0.1, -0.05) is 15.9 Å². The van der Waals surface area contributed by atoms with E-state index in [1.54, 1.807) is 0 Å². The largest absolute Gasteiger partial charge is 0.444 e. The summed E-state index contributed by atoms with van der Waals surface area (Å²) in [6.07, 6.45) is 2.07. The smallest absolute Gasteiger partial charge is 0.410 e. The first-order valence-electron chi connectivity index (χ1n) is 5.46. The molecule has 1 heterocycles. The van der Waals surface area contributed by atoms with Crippen LogP contribution in [0.1, 0.15) is 33.6 Å². The summed E-state index contributed by atoms with van der Waals surface area (Å²) in [5.74, 6) is 0.636. The van der Waals surface area contributed by atoms with Crippen molar-refractivity contribution in [2.24, 2.45) is 5.92 Å². The fraction of sp³-hybridized carbons (Fsp3) is 0.909. The van der Waals surface area contributed by atoms with E-state index in [1.807, 2.05) is 25.7 Å². The topological polar surface area (TPSA) is 29.5 Å². The highest BCUT2D eigenvalue weighted by molar-refractivity contribution is 9.09. The molecule has 1 aliphatic heterocycles.